The topological polar surface area (TPSA) is 59.7 Å². The molecule has 1 saturated heterocycles. The molecule has 1 atom stereocenters. The summed E-state index contributed by atoms with van der Waals surface area (Å²) in [7, 11) is 0. The molecule has 0 bridgehead atoms. The minimum absolute atomic E-state index is 0.418. The molecule has 0 saturated carbocycles. The van der Waals surface area contributed by atoms with E-state index in [4.69, 9.17) is 4.98 Å². The van der Waals surface area contributed by atoms with Gasteiger partial charge in [0.05, 0.1) is 11.9 Å². The minimum Gasteiger partial charge on any atom is -0.298 e. The Balaban J connectivity index is 1.51. The van der Waals surface area contributed by atoms with Crippen molar-refractivity contribution in [1.29, 1.82) is 0 Å². The zero-order valence-corrected chi connectivity index (χ0v) is 15.1. The van der Waals surface area contributed by atoms with Crippen LogP contribution in [0.3, 0.4) is 0 Å². The lowest BCUT2D eigenvalue weighted by atomic mass is 9.94. The second-order valence-electron chi connectivity index (χ2n) is 6.80. The average Bonchev–Trinajstić information content (AvgIpc) is 3.18. The van der Waals surface area contributed by atoms with Crippen molar-refractivity contribution >= 4 is 0 Å². The highest BCUT2D eigenvalue weighted by atomic mass is 15.1. The van der Waals surface area contributed by atoms with Crippen molar-refractivity contribution in [2.75, 3.05) is 13.1 Å². The predicted octanol–water partition coefficient (Wildman–Crippen LogP) is 3.00. The van der Waals surface area contributed by atoms with E-state index in [9.17, 15) is 0 Å². The van der Waals surface area contributed by atoms with Crippen LogP contribution in [0.25, 0.3) is 5.82 Å². The maximum Gasteiger partial charge on any atom is 0.156 e. The van der Waals surface area contributed by atoms with Gasteiger partial charge in [-0.1, -0.05) is 13.0 Å². The quantitative estimate of drug-likeness (QED) is 0.709. The summed E-state index contributed by atoms with van der Waals surface area (Å²) in [5.41, 5.74) is 2.34. The van der Waals surface area contributed by atoms with E-state index >= 15 is 0 Å². The summed E-state index contributed by atoms with van der Waals surface area (Å²) in [4.78, 5) is 20.5. The minimum atomic E-state index is 0.418. The van der Waals surface area contributed by atoms with E-state index in [0.29, 0.717) is 5.92 Å². The molecule has 1 aliphatic heterocycles. The molecule has 6 heteroatoms. The van der Waals surface area contributed by atoms with Gasteiger partial charge in [-0.15, -0.1) is 0 Å². The molecule has 3 aromatic heterocycles. The van der Waals surface area contributed by atoms with E-state index in [0.717, 1.165) is 49.8 Å². The van der Waals surface area contributed by atoms with Crippen LogP contribution in [0.2, 0.25) is 0 Å². The molecule has 26 heavy (non-hydrogen) atoms. The number of rotatable bonds is 5. The predicted molar refractivity (Wildman–Crippen MR) is 100 cm³/mol. The van der Waals surface area contributed by atoms with Crippen LogP contribution in [0.4, 0.5) is 0 Å². The van der Waals surface area contributed by atoms with E-state index in [-0.39, 0.29) is 0 Å². The zero-order valence-electron chi connectivity index (χ0n) is 15.1. The summed E-state index contributed by atoms with van der Waals surface area (Å²) in [6.07, 6.45) is 14.5. The molecule has 0 spiro atoms. The lowest BCUT2D eigenvalue weighted by Gasteiger charge is -2.32. The second kappa shape index (κ2) is 7.74. The molecular formula is C20H24N6. The second-order valence-corrected chi connectivity index (χ2v) is 6.80. The first-order valence-corrected chi connectivity index (χ1v) is 9.29. The van der Waals surface area contributed by atoms with E-state index < -0.39 is 0 Å². The molecule has 3 aromatic rings. The number of imidazole rings is 1. The van der Waals surface area contributed by atoms with Gasteiger partial charge < -0.3 is 0 Å². The van der Waals surface area contributed by atoms with Gasteiger partial charge in [-0.25, -0.2) is 9.97 Å². The van der Waals surface area contributed by atoms with Crippen LogP contribution in [-0.4, -0.2) is 42.5 Å². The number of nitrogens with zero attached hydrogens (tertiary/aromatic N) is 6. The average molecular weight is 348 g/mol. The summed E-state index contributed by atoms with van der Waals surface area (Å²) in [5, 5.41) is 0. The fraction of sp³-hybridized carbons (Fsp3) is 0.400. The number of aryl methyl sites for hydroxylation is 1. The number of aromatic nitrogens is 5. The highest BCUT2D eigenvalue weighted by Gasteiger charge is 2.23. The van der Waals surface area contributed by atoms with Crippen LogP contribution in [0.15, 0.2) is 49.3 Å². The SMILES string of the molecule is CCc1nccn1-c1cncc([C@@H]2CCCN(Cc3cccnc3)C2)n1. The smallest absolute Gasteiger partial charge is 0.156 e. The van der Waals surface area contributed by atoms with Gasteiger partial charge >= 0.3 is 0 Å². The van der Waals surface area contributed by atoms with Crippen LogP contribution < -0.4 is 0 Å². The third-order valence-electron chi connectivity index (χ3n) is 4.97. The summed E-state index contributed by atoms with van der Waals surface area (Å²) < 4.78 is 2.03. The van der Waals surface area contributed by atoms with Crippen LogP contribution in [0, 0.1) is 0 Å². The van der Waals surface area contributed by atoms with Gasteiger partial charge in [-0.2, -0.15) is 0 Å². The zero-order chi connectivity index (χ0) is 17.8. The van der Waals surface area contributed by atoms with Crippen molar-refractivity contribution in [2.45, 2.75) is 38.6 Å². The summed E-state index contributed by atoms with van der Waals surface area (Å²) in [5.74, 6) is 2.29. The van der Waals surface area contributed by atoms with Crippen LogP contribution >= 0.6 is 0 Å². The maximum atomic E-state index is 4.91. The normalized spacial score (nSPS) is 18.1. The molecule has 0 N–H and O–H groups in total. The fourth-order valence-corrected chi connectivity index (χ4v) is 3.68. The number of hydrogen-bond acceptors (Lipinski definition) is 5. The molecule has 4 rings (SSSR count). The molecule has 0 aliphatic carbocycles. The Bertz CT molecular complexity index is 844. The first-order chi connectivity index (χ1) is 12.8. The van der Waals surface area contributed by atoms with Crippen molar-refractivity contribution in [2.24, 2.45) is 0 Å². The highest BCUT2D eigenvalue weighted by molar-refractivity contribution is 5.24. The van der Waals surface area contributed by atoms with Gasteiger partial charge in [0.1, 0.15) is 5.82 Å². The molecule has 134 valence electrons. The molecule has 1 fully saturated rings. The molecule has 0 amide bonds. The van der Waals surface area contributed by atoms with E-state index in [1.807, 2.05) is 47.8 Å². The Labute approximate surface area is 154 Å². The number of pyridine rings is 1. The van der Waals surface area contributed by atoms with Crippen molar-refractivity contribution in [3.05, 3.63) is 66.4 Å². The van der Waals surface area contributed by atoms with Crippen molar-refractivity contribution in [1.82, 2.24) is 29.4 Å². The molecule has 0 unspecified atom stereocenters. The van der Waals surface area contributed by atoms with Crippen LogP contribution in [-0.2, 0) is 13.0 Å². The Hall–Kier alpha value is -2.60. The largest absolute Gasteiger partial charge is 0.298 e. The summed E-state index contributed by atoms with van der Waals surface area (Å²) >= 11 is 0. The first kappa shape index (κ1) is 16.8. The highest BCUT2D eigenvalue weighted by Crippen LogP contribution is 2.26. The summed E-state index contributed by atoms with van der Waals surface area (Å²) in [6.45, 7) is 5.18. The fourth-order valence-electron chi connectivity index (χ4n) is 3.68. The van der Waals surface area contributed by atoms with Crippen molar-refractivity contribution < 1.29 is 0 Å². The van der Waals surface area contributed by atoms with Crippen LogP contribution in [0.1, 0.15) is 42.8 Å². The van der Waals surface area contributed by atoms with Crippen LogP contribution in [0.5, 0.6) is 0 Å². The standard InChI is InChI=1S/C20H24N6/c1-2-19-23-8-10-26(19)20-13-22-12-18(24-20)17-6-4-9-25(15-17)14-16-5-3-7-21-11-16/h3,5,7-8,10-13,17H,2,4,6,9,14-15H2,1H3/t17-/m1/s1. The summed E-state index contributed by atoms with van der Waals surface area (Å²) in [6, 6.07) is 4.14. The molecule has 4 heterocycles. The van der Waals surface area contributed by atoms with Gasteiger partial charge in [0, 0.05) is 56.4 Å². The third-order valence-corrected chi connectivity index (χ3v) is 4.97. The number of likely N-dealkylation sites (tertiary alicyclic amines) is 1. The molecular weight excluding hydrogens is 324 g/mol. The van der Waals surface area contributed by atoms with Gasteiger partial charge in [0.2, 0.25) is 0 Å². The molecule has 6 nitrogen and oxygen atoms in total. The maximum absolute atomic E-state index is 4.91. The Kier molecular flexibility index (Phi) is 5.02. The number of hydrogen-bond donors (Lipinski definition) is 0. The van der Waals surface area contributed by atoms with Gasteiger partial charge in [0.15, 0.2) is 5.82 Å². The van der Waals surface area contributed by atoms with Crippen molar-refractivity contribution in [3.63, 3.8) is 0 Å². The van der Waals surface area contributed by atoms with Gasteiger partial charge in [0.25, 0.3) is 0 Å². The molecule has 0 radical (unpaired) electrons. The van der Waals surface area contributed by atoms with Crippen molar-refractivity contribution in [3.8, 4) is 5.82 Å². The number of piperidine rings is 1. The molecule has 0 aromatic carbocycles. The first-order valence-electron chi connectivity index (χ1n) is 9.29. The van der Waals surface area contributed by atoms with Gasteiger partial charge in [-0.05, 0) is 31.0 Å². The van der Waals surface area contributed by atoms with E-state index in [2.05, 4.69) is 32.8 Å². The molecule has 1 aliphatic rings. The Morgan fingerprint density at radius 1 is 1.15 bits per heavy atom. The Morgan fingerprint density at radius 2 is 2.12 bits per heavy atom. The van der Waals surface area contributed by atoms with E-state index in [1.165, 1.54) is 12.0 Å². The van der Waals surface area contributed by atoms with Gasteiger partial charge in [-0.3, -0.25) is 19.4 Å². The lowest BCUT2D eigenvalue weighted by molar-refractivity contribution is 0.198. The lowest BCUT2D eigenvalue weighted by Crippen LogP contribution is -2.34. The van der Waals surface area contributed by atoms with E-state index in [1.54, 1.807) is 0 Å². The Morgan fingerprint density at radius 3 is 2.96 bits per heavy atom. The third kappa shape index (κ3) is 3.65. The monoisotopic (exact) mass is 348 g/mol.